The summed E-state index contributed by atoms with van der Waals surface area (Å²) in [6.07, 6.45) is 1.44. The van der Waals surface area contributed by atoms with E-state index in [1.165, 1.54) is 11.8 Å². The lowest BCUT2D eigenvalue weighted by Crippen LogP contribution is -2.24. The molecule has 22 heavy (non-hydrogen) atoms. The number of carbonyl (C=O) groups is 1. The lowest BCUT2D eigenvalue weighted by atomic mass is 10.0. The molecular formula is C16H17IN2O3. The van der Waals surface area contributed by atoms with Gasteiger partial charge >= 0.3 is 0 Å². The molecule has 2 aromatic rings. The number of hydrogen-bond donors (Lipinski definition) is 1. The minimum atomic E-state index is -0.328. The molecule has 0 unspecified atom stereocenters. The maximum absolute atomic E-state index is 11.6. The Bertz CT molecular complexity index is 648. The molecule has 0 fully saturated rings. The van der Waals surface area contributed by atoms with Crippen LogP contribution in [-0.2, 0) is 4.79 Å². The van der Waals surface area contributed by atoms with Gasteiger partial charge in [0.25, 0.3) is 5.91 Å². The molecule has 0 saturated carbocycles. The van der Waals surface area contributed by atoms with Crippen LogP contribution in [0.15, 0.2) is 45.9 Å². The zero-order valence-corrected chi connectivity index (χ0v) is 14.5. The molecular weight excluding hydrogens is 395 g/mol. The van der Waals surface area contributed by atoms with E-state index in [-0.39, 0.29) is 12.5 Å². The Morgan fingerprint density at radius 1 is 1.32 bits per heavy atom. The van der Waals surface area contributed by atoms with Gasteiger partial charge in [-0.25, -0.2) is 5.43 Å². The predicted molar refractivity (Wildman–Crippen MR) is 93.2 cm³/mol. The molecule has 1 aromatic heterocycles. The molecule has 1 amide bonds. The standard InChI is InChI=1S/C16H17IN2O3/c1-11(2)12-3-5-13(6-4-12)21-10-16(20)19-18-9-14-7-8-15(17)22-14/h3-9,11H,10H2,1-2H3,(H,19,20)/b18-9+. The molecule has 0 radical (unpaired) electrons. The van der Waals surface area contributed by atoms with Crippen LogP contribution < -0.4 is 10.2 Å². The zero-order chi connectivity index (χ0) is 15.9. The number of hydrogen-bond acceptors (Lipinski definition) is 4. The molecule has 2 rings (SSSR count). The van der Waals surface area contributed by atoms with E-state index in [0.29, 0.717) is 17.4 Å². The Morgan fingerprint density at radius 3 is 2.64 bits per heavy atom. The third kappa shape index (κ3) is 5.18. The van der Waals surface area contributed by atoms with Crippen LogP contribution in [0.3, 0.4) is 0 Å². The summed E-state index contributed by atoms with van der Waals surface area (Å²) in [5, 5.41) is 3.80. The van der Waals surface area contributed by atoms with Gasteiger partial charge in [0.1, 0.15) is 11.5 Å². The highest BCUT2D eigenvalue weighted by molar-refractivity contribution is 14.1. The van der Waals surface area contributed by atoms with Gasteiger partial charge < -0.3 is 9.15 Å². The second-order valence-electron chi connectivity index (χ2n) is 4.95. The summed E-state index contributed by atoms with van der Waals surface area (Å²) in [4.78, 5) is 11.6. The van der Waals surface area contributed by atoms with Gasteiger partial charge in [0.15, 0.2) is 10.4 Å². The molecule has 116 valence electrons. The van der Waals surface area contributed by atoms with Gasteiger partial charge in [-0.1, -0.05) is 26.0 Å². The van der Waals surface area contributed by atoms with Crippen LogP contribution in [-0.4, -0.2) is 18.7 Å². The fourth-order valence-corrected chi connectivity index (χ4v) is 2.13. The number of benzene rings is 1. The van der Waals surface area contributed by atoms with Crippen LogP contribution in [0, 0.1) is 3.77 Å². The number of rotatable bonds is 6. The van der Waals surface area contributed by atoms with Crippen molar-refractivity contribution in [3.63, 3.8) is 0 Å². The molecule has 0 aliphatic carbocycles. The Morgan fingerprint density at radius 2 is 2.05 bits per heavy atom. The minimum absolute atomic E-state index is 0.0892. The average molecular weight is 412 g/mol. The third-order valence-corrected chi connectivity index (χ3v) is 3.47. The molecule has 0 aliphatic rings. The van der Waals surface area contributed by atoms with E-state index in [2.05, 4.69) is 47.0 Å². The maximum atomic E-state index is 11.6. The van der Waals surface area contributed by atoms with Crippen molar-refractivity contribution >= 4 is 34.7 Å². The highest BCUT2D eigenvalue weighted by Crippen LogP contribution is 2.18. The number of hydrazone groups is 1. The van der Waals surface area contributed by atoms with Gasteiger partial charge in [-0.2, -0.15) is 5.10 Å². The Labute approximate surface area is 142 Å². The summed E-state index contributed by atoms with van der Waals surface area (Å²) in [6.45, 7) is 4.16. The average Bonchev–Trinajstić information content (AvgIpc) is 2.91. The predicted octanol–water partition coefficient (Wildman–Crippen LogP) is 3.54. The molecule has 0 atom stereocenters. The first-order chi connectivity index (χ1) is 10.5. The van der Waals surface area contributed by atoms with Crippen molar-refractivity contribution in [1.29, 1.82) is 0 Å². The lowest BCUT2D eigenvalue weighted by Gasteiger charge is -2.08. The van der Waals surface area contributed by atoms with Crippen molar-refractivity contribution in [2.75, 3.05) is 6.61 Å². The van der Waals surface area contributed by atoms with Crippen LogP contribution in [0.5, 0.6) is 5.75 Å². The smallest absolute Gasteiger partial charge is 0.277 e. The van der Waals surface area contributed by atoms with E-state index in [9.17, 15) is 4.79 Å². The summed E-state index contributed by atoms with van der Waals surface area (Å²) in [5.41, 5.74) is 3.61. The third-order valence-electron chi connectivity index (χ3n) is 2.89. The van der Waals surface area contributed by atoms with Crippen molar-refractivity contribution < 1.29 is 13.9 Å². The Kier molecular flexibility index (Phi) is 6.00. The molecule has 0 saturated heterocycles. The molecule has 0 spiro atoms. The quantitative estimate of drug-likeness (QED) is 0.449. The van der Waals surface area contributed by atoms with Crippen LogP contribution in [0.1, 0.15) is 31.1 Å². The topological polar surface area (TPSA) is 63.8 Å². The van der Waals surface area contributed by atoms with E-state index < -0.39 is 0 Å². The zero-order valence-electron chi connectivity index (χ0n) is 12.4. The van der Waals surface area contributed by atoms with E-state index in [1.807, 2.05) is 30.3 Å². The fraction of sp³-hybridized carbons (Fsp3) is 0.250. The summed E-state index contributed by atoms with van der Waals surface area (Å²) >= 11 is 2.06. The number of furan rings is 1. The monoisotopic (exact) mass is 412 g/mol. The number of halogens is 1. The van der Waals surface area contributed by atoms with Crippen LogP contribution >= 0.6 is 22.6 Å². The van der Waals surface area contributed by atoms with Crippen LogP contribution in [0.25, 0.3) is 0 Å². The summed E-state index contributed by atoms with van der Waals surface area (Å²) in [6, 6.07) is 11.3. The minimum Gasteiger partial charge on any atom is -0.484 e. The van der Waals surface area contributed by atoms with E-state index in [4.69, 9.17) is 9.15 Å². The number of carbonyl (C=O) groups excluding carboxylic acids is 1. The highest BCUT2D eigenvalue weighted by atomic mass is 127. The Balaban J connectivity index is 1.76. The van der Waals surface area contributed by atoms with E-state index in [0.717, 1.165) is 3.77 Å². The van der Waals surface area contributed by atoms with Gasteiger partial charge in [-0.05, 0) is 58.3 Å². The van der Waals surface area contributed by atoms with E-state index in [1.54, 1.807) is 6.07 Å². The van der Waals surface area contributed by atoms with Crippen molar-refractivity contribution in [2.24, 2.45) is 5.10 Å². The largest absolute Gasteiger partial charge is 0.484 e. The maximum Gasteiger partial charge on any atom is 0.277 e. The summed E-state index contributed by atoms with van der Waals surface area (Å²) in [7, 11) is 0. The van der Waals surface area contributed by atoms with Crippen molar-refractivity contribution in [3.8, 4) is 5.75 Å². The van der Waals surface area contributed by atoms with Gasteiger partial charge in [-0.3, -0.25) is 4.79 Å². The molecule has 1 heterocycles. The molecule has 6 heteroatoms. The van der Waals surface area contributed by atoms with Gasteiger partial charge in [0.05, 0.1) is 6.21 Å². The van der Waals surface area contributed by atoms with Crippen molar-refractivity contribution in [3.05, 3.63) is 51.5 Å². The molecule has 1 aromatic carbocycles. The molecule has 0 bridgehead atoms. The van der Waals surface area contributed by atoms with Gasteiger partial charge in [0.2, 0.25) is 0 Å². The normalized spacial score (nSPS) is 11.1. The lowest BCUT2D eigenvalue weighted by molar-refractivity contribution is -0.123. The number of ether oxygens (including phenoxy) is 1. The summed E-state index contributed by atoms with van der Waals surface area (Å²) in [5.74, 6) is 1.38. The second-order valence-corrected chi connectivity index (χ2v) is 6.01. The summed E-state index contributed by atoms with van der Waals surface area (Å²) < 4.78 is 11.4. The highest BCUT2D eigenvalue weighted by Gasteiger charge is 2.03. The molecule has 5 nitrogen and oxygen atoms in total. The molecule has 0 aliphatic heterocycles. The number of nitrogens with zero attached hydrogens (tertiary/aromatic N) is 1. The first-order valence-corrected chi connectivity index (χ1v) is 7.92. The van der Waals surface area contributed by atoms with Gasteiger partial charge in [0, 0.05) is 0 Å². The first-order valence-electron chi connectivity index (χ1n) is 6.84. The van der Waals surface area contributed by atoms with Crippen molar-refractivity contribution in [2.45, 2.75) is 19.8 Å². The number of amides is 1. The fourth-order valence-electron chi connectivity index (χ4n) is 1.70. The second kappa shape index (κ2) is 7.98. The van der Waals surface area contributed by atoms with Gasteiger partial charge in [-0.15, -0.1) is 0 Å². The Hall–Kier alpha value is -1.83. The van der Waals surface area contributed by atoms with Crippen LogP contribution in [0.4, 0.5) is 0 Å². The van der Waals surface area contributed by atoms with Crippen molar-refractivity contribution in [1.82, 2.24) is 5.43 Å². The molecule has 1 N–H and O–H groups in total. The number of nitrogens with one attached hydrogen (secondary N) is 1. The SMILES string of the molecule is CC(C)c1ccc(OCC(=O)N/N=C/c2ccc(I)o2)cc1. The first kappa shape index (κ1) is 16.5. The van der Waals surface area contributed by atoms with Crippen LogP contribution in [0.2, 0.25) is 0 Å². The van der Waals surface area contributed by atoms with E-state index >= 15 is 0 Å².